The molecule has 0 heterocycles. The van der Waals surface area contributed by atoms with Crippen LogP contribution in [0.15, 0.2) is 36.5 Å². The second-order valence-electron chi connectivity index (χ2n) is 20.6. The summed E-state index contributed by atoms with van der Waals surface area (Å²) in [7, 11) is 0. The maximum Gasteiger partial charge on any atom is 0.401 e. The Hall–Kier alpha value is -2.65. The number of allylic oxidation sites excluding steroid dienone is 6. The molecular weight excluding hydrogens is 929 g/mol. The molecule has 0 aromatic heterocycles. The first-order chi connectivity index (χ1) is 35.3. The van der Waals surface area contributed by atoms with Gasteiger partial charge >= 0.3 is 35.5 Å². The van der Waals surface area contributed by atoms with Gasteiger partial charge in [0.25, 0.3) is 0 Å². The second-order valence-corrected chi connectivity index (χ2v) is 20.6. The van der Waals surface area contributed by atoms with Gasteiger partial charge in [0.05, 0.1) is 6.61 Å². The van der Waals surface area contributed by atoms with Crippen molar-refractivity contribution in [2.45, 2.75) is 320 Å². The zero-order valence-corrected chi connectivity index (χ0v) is 46.6. The smallest absolute Gasteiger partial charge is 0.401 e. The van der Waals surface area contributed by atoms with E-state index in [0.29, 0.717) is 19.3 Å². The summed E-state index contributed by atoms with van der Waals surface area (Å²) in [6, 6.07) is 0. The molecule has 0 amide bonds. The third-order valence-corrected chi connectivity index (χ3v) is 13.6. The van der Waals surface area contributed by atoms with Crippen molar-refractivity contribution in [2.24, 2.45) is 0 Å². The van der Waals surface area contributed by atoms with E-state index in [1.165, 1.54) is 116 Å². The maximum atomic E-state index is 13.4. The van der Waals surface area contributed by atoms with Crippen LogP contribution in [0.25, 0.3) is 0 Å². The van der Waals surface area contributed by atoms with Crippen molar-refractivity contribution in [2.75, 3.05) is 6.61 Å². The Bertz CT molecular complexity index is 1400. The summed E-state index contributed by atoms with van der Waals surface area (Å²) in [6.07, 6.45) is 45.9. The van der Waals surface area contributed by atoms with E-state index in [2.05, 4.69) is 57.2 Å². The quantitative estimate of drug-likeness (QED) is 0.00992. The van der Waals surface area contributed by atoms with Crippen LogP contribution in [0.1, 0.15) is 290 Å². The average molecular weight is 1040 g/mol. The van der Waals surface area contributed by atoms with E-state index in [-0.39, 0.29) is 32.1 Å². The number of hydrogen-bond acceptors (Lipinski definition) is 13. The summed E-state index contributed by atoms with van der Waals surface area (Å²) in [5.74, 6) is -16.6. The van der Waals surface area contributed by atoms with Crippen LogP contribution in [0.2, 0.25) is 0 Å². The molecule has 0 radical (unpaired) electrons. The molecule has 13 nitrogen and oxygen atoms in total. The van der Waals surface area contributed by atoms with Crippen molar-refractivity contribution in [3.05, 3.63) is 36.5 Å². The summed E-state index contributed by atoms with van der Waals surface area (Å²) in [5, 5.41) is 77.9. The highest BCUT2D eigenvalue weighted by Gasteiger charge is 2.75. The third kappa shape index (κ3) is 36.1. The van der Waals surface area contributed by atoms with Crippen LogP contribution in [0, 0.1) is 0 Å². The summed E-state index contributed by atoms with van der Waals surface area (Å²) >= 11 is 0. The lowest BCUT2D eigenvalue weighted by Gasteiger charge is -2.47. The molecule has 0 aliphatic heterocycles. The zero-order chi connectivity index (χ0) is 54.2. The van der Waals surface area contributed by atoms with Crippen LogP contribution in [0.3, 0.4) is 0 Å². The lowest BCUT2D eigenvalue weighted by molar-refractivity contribution is -0.515. The number of rotatable bonds is 53. The van der Waals surface area contributed by atoms with Gasteiger partial charge in [0.1, 0.15) is 6.10 Å². The fourth-order valence-corrected chi connectivity index (χ4v) is 8.80. The van der Waals surface area contributed by atoms with Crippen molar-refractivity contribution >= 4 is 17.9 Å². The molecule has 0 saturated carbocycles. The fraction of sp³-hybridized carbons (Fsp3) is 0.850. The number of ether oxygens (including phenoxy) is 3. The molecule has 0 saturated heterocycles. The number of carbonyl (C=O) groups is 3. The molecule has 0 fully saturated rings. The van der Waals surface area contributed by atoms with Crippen molar-refractivity contribution in [3.63, 3.8) is 0 Å². The van der Waals surface area contributed by atoms with Crippen molar-refractivity contribution in [1.82, 2.24) is 0 Å². The van der Waals surface area contributed by atoms with E-state index in [0.717, 1.165) is 96.3 Å². The Labute approximate surface area is 444 Å². The Morgan fingerprint density at radius 3 is 0.904 bits per heavy atom. The monoisotopic (exact) mass is 1040 g/mol. The molecule has 428 valence electrons. The topological polar surface area (TPSA) is 221 Å². The van der Waals surface area contributed by atoms with E-state index < -0.39 is 60.7 Å². The minimum Gasteiger partial charge on any atom is -0.422 e. The molecule has 7 N–H and O–H groups in total. The van der Waals surface area contributed by atoms with Gasteiger partial charge in [-0.05, 0) is 96.3 Å². The third-order valence-electron chi connectivity index (χ3n) is 13.6. The minimum absolute atomic E-state index is 0.220. The van der Waals surface area contributed by atoms with Crippen LogP contribution in [-0.2, 0) is 28.6 Å². The number of aliphatic hydroxyl groups excluding tert-OH is 3. The molecule has 0 aromatic carbocycles. The molecule has 0 rings (SSSR count). The SMILES string of the molecule is CCCCCCCC/C=C\CCCCCCCC(=O)OC(O)(O)[C@](O)(OC(=O)CCCCCCC/C=C\CCCCCCCC)[C@](O)(OC(=O)CCCCCCC/C=C\CCCCCCCC)[C@H](O)[C@@H](O)CO. The Balaban J connectivity index is 5.58. The molecule has 13 heteroatoms. The summed E-state index contributed by atoms with van der Waals surface area (Å²) in [5.41, 5.74) is 0. The van der Waals surface area contributed by atoms with Crippen molar-refractivity contribution in [3.8, 4) is 0 Å². The van der Waals surface area contributed by atoms with Crippen molar-refractivity contribution in [1.29, 1.82) is 0 Å². The van der Waals surface area contributed by atoms with Gasteiger partial charge in [-0.3, -0.25) is 14.4 Å². The van der Waals surface area contributed by atoms with Gasteiger partial charge in [0.15, 0.2) is 6.10 Å². The summed E-state index contributed by atoms with van der Waals surface area (Å²) in [4.78, 5) is 39.8. The van der Waals surface area contributed by atoms with Crippen LogP contribution in [-0.4, -0.2) is 90.0 Å². The van der Waals surface area contributed by atoms with Crippen LogP contribution in [0.5, 0.6) is 0 Å². The highest BCUT2D eigenvalue weighted by Crippen LogP contribution is 2.40. The molecule has 0 aliphatic carbocycles. The normalized spacial score (nSPS) is 14.7. The van der Waals surface area contributed by atoms with Crippen molar-refractivity contribution < 1.29 is 64.3 Å². The largest absolute Gasteiger partial charge is 0.422 e. The van der Waals surface area contributed by atoms with Crippen LogP contribution >= 0.6 is 0 Å². The molecule has 0 spiro atoms. The predicted molar refractivity (Wildman–Crippen MR) is 293 cm³/mol. The molecule has 4 atom stereocenters. The molecule has 73 heavy (non-hydrogen) atoms. The molecule has 0 aliphatic rings. The molecule has 0 bridgehead atoms. The number of carbonyl (C=O) groups excluding carboxylic acids is 3. The minimum atomic E-state index is -4.33. The molecule has 0 aromatic rings. The van der Waals surface area contributed by atoms with Gasteiger partial charge in [-0.1, -0.05) is 211 Å². The Kier molecular flexibility index (Phi) is 46.0. The van der Waals surface area contributed by atoms with Gasteiger partial charge < -0.3 is 50.0 Å². The van der Waals surface area contributed by atoms with Gasteiger partial charge in [-0.15, -0.1) is 0 Å². The van der Waals surface area contributed by atoms with Gasteiger partial charge in [0.2, 0.25) is 0 Å². The van der Waals surface area contributed by atoms with E-state index in [4.69, 9.17) is 14.2 Å². The Morgan fingerprint density at radius 2 is 0.616 bits per heavy atom. The van der Waals surface area contributed by atoms with E-state index in [1.54, 1.807) is 0 Å². The standard InChI is InChI=1S/C60H110O13/c1-4-7-10-13-16-19-22-25-28-31-34-37-40-43-46-49-54(63)71-58(67,57(66)53(62)52-61)59(68,72-55(64)50-47-44-41-38-35-32-29-26-23-20-17-14-11-8-5-2)60(69,70)73-56(65)51-48-45-42-39-36-33-30-27-24-21-18-15-12-9-6-3/h25-30,53,57,61-62,66-70H,4-24,31-52H2,1-3H3/b28-25-,29-26-,30-27-/t53-,57+,58+,59+/m0/s1. The van der Waals surface area contributed by atoms with Crippen LogP contribution < -0.4 is 0 Å². The average Bonchev–Trinajstić information content (AvgIpc) is 3.36. The van der Waals surface area contributed by atoms with Gasteiger partial charge in [0, 0.05) is 19.3 Å². The van der Waals surface area contributed by atoms with Gasteiger partial charge in [-0.2, -0.15) is 0 Å². The zero-order valence-electron chi connectivity index (χ0n) is 46.6. The van der Waals surface area contributed by atoms with E-state index >= 15 is 0 Å². The number of unbranched alkanes of at least 4 members (excludes halogenated alkanes) is 33. The molecular formula is C60H110O13. The van der Waals surface area contributed by atoms with Gasteiger partial charge in [-0.25, -0.2) is 0 Å². The lowest BCUT2D eigenvalue weighted by atomic mass is 9.92. The maximum absolute atomic E-state index is 13.4. The number of hydrogen-bond donors (Lipinski definition) is 7. The van der Waals surface area contributed by atoms with E-state index in [9.17, 15) is 50.1 Å². The lowest BCUT2D eigenvalue weighted by Crippen LogP contribution is -2.77. The van der Waals surface area contributed by atoms with E-state index in [1.807, 2.05) is 0 Å². The first-order valence-electron chi connectivity index (χ1n) is 29.7. The summed E-state index contributed by atoms with van der Waals surface area (Å²) < 4.78 is 15.1. The Morgan fingerprint density at radius 1 is 0.370 bits per heavy atom. The number of esters is 3. The first-order valence-corrected chi connectivity index (χ1v) is 29.7. The fourth-order valence-electron chi connectivity index (χ4n) is 8.80. The highest BCUT2D eigenvalue weighted by molar-refractivity contribution is 5.72. The first kappa shape index (κ1) is 70.3. The summed E-state index contributed by atoms with van der Waals surface area (Å²) in [6.45, 7) is 5.37. The highest BCUT2D eigenvalue weighted by atomic mass is 16.8. The predicted octanol–water partition coefficient (Wildman–Crippen LogP) is 13.5. The van der Waals surface area contributed by atoms with Crippen LogP contribution in [0.4, 0.5) is 0 Å². The second kappa shape index (κ2) is 47.8. The number of aliphatic hydroxyl groups is 7. The molecule has 0 unspecified atom stereocenters.